The molecule has 1 aromatic carbocycles. The Morgan fingerprint density at radius 2 is 1.88 bits per heavy atom. The predicted molar refractivity (Wildman–Crippen MR) is 96.7 cm³/mol. The standard InChI is InChI=1S/C19H22FN3OS/c20-16-6-4-14(5-7-16)18-21-17(13-25-18)12-22-8-10-23(11-9-22)19(24)15-2-1-3-15/h4-7,13,15H,1-3,8-12H2. The van der Waals surface area contributed by atoms with E-state index in [4.69, 9.17) is 0 Å². The van der Waals surface area contributed by atoms with E-state index < -0.39 is 0 Å². The zero-order chi connectivity index (χ0) is 17.2. The minimum absolute atomic E-state index is 0.227. The van der Waals surface area contributed by atoms with Crippen molar-refractivity contribution in [1.82, 2.24) is 14.8 Å². The second kappa shape index (κ2) is 7.22. The number of carbonyl (C=O) groups is 1. The minimum Gasteiger partial charge on any atom is -0.340 e. The van der Waals surface area contributed by atoms with Crippen molar-refractivity contribution >= 4 is 17.2 Å². The van der Waals surface area contributed by atoms with E-state index in [0.29, 0.717) is 11.8 Å². The number of nitrogens with zero attached hydrogens (tertiary/aromatic N) is 3. The van der Waals surface area contributed by atoms with Crippen LogP contribution >= 0.6 is 11.3 Å². The van der Waals surface area contributed by atoms with E-state index in [-0.39, 0.29) is 5.82 Å². The van der Waals surface area contributed by atoms with Gasteiger partial charge in [-0.15, -0.1) is 11.3 Å². The molecule has 1 aromatic heterocycles. The van der Waals surface area contributed by atoms with Crippen LogP contribution in [0.4, 0.5) is 4.39 Å². The second-order valence-electron chi connectivity index (χ2n) is 6.88. The van der Waals surface area contributed by atoms with Crippen LogP contribution in [0.3, 0.4) is 0 Å². The Balaban J connectivity index is 1.31. The molecule has 0 spiro atoms. The van der Waals surface area contributed by atoms with E-state index in [2.05, 4.69) is 15.3 Å². The van der Waals surface area contributed by atoms with Gasteiger partial charge in [0.05, 0.1) is 5.69 Å². The summed E-state index contributed by atoms with van der Waals surface area (Å²) in [6.45, 7) is 4.27. The van der Waals surface area contributed by atoms with Crippen molar-refractivity contribution in [2.75, 3.05) is 26.2 Å². The van der Waals surface area contributed by atoms with Crippen LogP contribution < -0.4 is 0 Å². The van der Waals surface area contributed by atoms with Crippen LogP contribution in [-0.2, 0) is 11.3 Å². The molecular formula is C19H22FN3OS. The lowest BCUT2D eigenvalue weighted by molar-refractivity contribution is -0.140. The number of hydrogen-bond donors (Lipinski definition) is 0. The maximum Gasteiger partial charge on any atom is 0.225 e. The fourth-order valence-corrected chi connectivity index (χ4v) is 4.19. The average Bonchev–Trinajstić information content (AvgIpc) is 3.03. The van der Waals surface area contributed by atoms with E-state index in [9.17, 15) is 9.18 Å². The Morgan fingerprint density at radius 3 is 2.52 bits per heavy atom. The SMILES string of the molecule is O=C(C1CCC1)N1CCN(Cc2csc(-c3ccc(F)cc3)n2)CC1. The normalized spacial score (nSPS) is 19.0. The van der Waals surface area contributed by atoms with Gasteiger partial charge in [0.2, 0.25) is 5.91 Å². The summed E-state index contributed by atoms with van der Waals surface area (Å²) in [6.07, 6.45) is 3.35. The number of thiazole rings is 1. The lowest BCUT2D eigenvalue weighted by Gasteiger charge is -2.38. The summed E-state index contributed by atoms with van der Waals surface area (Å²) in [5.41, 5.74) is 2.00. The van der Waals surface area contributed by atoms with Crippen molar-refractivity contribution in [3.05, 3.63) is 41.2 Å². The lowest BCUT2D eigenvalue weighted by atomic mass is 9.84. The Hall–Kier alpha value is -1.79. The highest BCUT2D eigenvalue weighted by Gasteiger charge is 2.31. The van der Waals surface area contributed by atoms with Crippen molar-refractivity contribution in [2.45, 2.75) is 25.8 Å². The highest BCUT2D eigenvalue weighted by Crippen LogP contribution is 2.29. The molecule has 1 aliphatic heterocycles. The van der Waals surface area contributed by atoms with Gasteiger partial charge in [0.1, 0.15) is 10.8 Å². The molecule has 25 heavy (non-hydrogen) atoms. The van der Waals surface area contributed by atoms with E-state index in [0.717, 1.165) is 61.8 Å². The Bertz CT molecular complexity index is 733. The first kappa shape index (κ1) is 16.7. The van der Waals surface area contributed by atoms with Gasteiger partial charge in [0.15, 0.2) is 0 Å². The maximum absolute atomic E-state index is 13.0. The molecule has 0 unspecified atom stereocenters. The third-order valence-corrected chi connectivity index (χ3v) is 6.11. The maximum atomic E-state index is 13.0. The zero-order valence-corrected chi connectivity index (χ0v) is 15.0. The lowest BCUT2D eigenvalue weighted by Crippen LogP contribution is -2.50. The number of amides is 1. The van der Waals surface area contributed by atoms with Gasteiger partial charge in [-0.25, -0.2) is 9.37 Å². The molecule has 1 aliphatic carbocycles. The molecule has 4 rings (SSSR count). The average molecular weight is 359 g/mol. The van der Waals surface area contributed by atoms with Gasteiger partial charge in [0, 0.05) is 49.6 Å². The molecule has 2 aliphatic rings. The molecule has 132 valence electrons. The highest BCUT2D eigenvalue weighted by atomic mass is 32.1. The first-order chi connectivity index (χ1) is 12.2. The van der Waals surface area contributed by atoms with Crippen LogP contribution in [0.2, 0.25) is 0 Å². The fourth-order valence-electron chi connectivity index (χ4n) is 3.37. The van der Waals surface area contributed by atoms with Crippen molar-refractivity contribution in [1.29, 1.82) is 0 Å². The molecule has 0 radical (unpaired) electrons. The quantitative estimate of drug-likeness (QED) is 0.840. The third kappa shape index (κ3) is 3.75. The summed E-state index contributed by atoms with van der Waals surface area (Å²) in [5, 5.41) is 3.00. The second-order valence-corrected chi connectivity index (χ2v) is 7.74. The van der Waals surface area contributed by atoms with Crippen molar-refractivity contribution in [3.8, 4) is 10.6 Å². The molecule has 2 heterocycles. The number of carbonyl (C=O) groups excluding carboxylic acids is 1. The van der Waals surface area contributed by atoms with Crippen molar-refractivity contribution in [2.24, 2.45) is 5.92 Å². The fraction of sp³-hybridized carbons (Fsp3) is 0.474. The Morgan fingerprint density at radius 1 is 1.16 bits per heavy atom. The van der Waals surface area contributed by atoms with E-state index in [1.807, 2.05) is 4.90 Å². The zero-order valence-electron chi connectivity index (χ0n) is 14.2. The molecule has 0 atom stereocenters. The molecule has 0 N–H and O–H groups in total. The number of piperazine rings is 1. The largest absolute Gasteiger partial charge is 0.340 e. The number of rotatable bonds is 4. The van der Waals surface area contributed by atoms with Gasteiger partial charge in [-0.1, -0.05) is 6.42 Å². The molecule has 1 saturated heterocycles. The van der Waals surface area contributed by atoms with Crippen molar-refractivity contribution in [3.63, 3.8) is 0 Å². The van der Waals surface area contributed by atoms with E-state index in [1.54, 1.807) is 23.5 Å². The van der Waals surface area contributed by atoms with Crippen LogP contribution in [-0.4, -0.2) is 46.9 Å². The van der Waals surface area contributed by atoms with Crippen LogP contribution in [0.1, 0.15) is 25.0 Å². The van der Waals surface area contributed by atoms with Gasteiger partial charge >= 0.3 is 0 Å². The number of benzene rings is 1. The molecule has 2 aromatic rings. The molecule has 4 nitrogen and oxygen atoms in total. The first-order valence-corrected chi connectivity index (χ1v) is 9.78. The topological polar surface area (TPSA) is 36.4 Å². The van der Waals surface area contributed by atoms with Gasteiger partial charge in [0.25, 0.3) is 0 Å². The van der Waals surface area contributed by atoms with Gasteiger partial charge in [-0.3, -0.25) is 9.69 Å². The summed E-state index contributed by atoms with van der Waals surface area (Å²) in [6, 6.07) is 6.47. The summed E-state index contributed by atoms with van der Waals surface area (Å²) >= 11 is 1.59. The molecule has 0 bridgehead atoms. The van der Waals surface area contributed by atoms with Gasteiger partial charge < -0.3 is 4.90 Å². The third-order valence-electron chi connectivity index (χ3n) is 5.17. The predicted octanol–water partition coefficient (Wildman–Crippen LogP) is 3.39. The smallest absolute Gasteiger partial charge is 0.225 e. The monoisotopic (exact) mass is 359 g/mol. The summed E-state index contributed by atoms with van der Waals surface area (Å²) < 4.78 is 13.0. The van der Waals surface area contributed by atoms with Gasteiger partial charge in [-0.2, -0.15) is 0 Å². The van der Waals surface area contributed by atoms with E-state index in [1.165, 1.54) is 18.6 Å². The number of aromatic nitrogens is 1. The van der Waals surface area contributed by atoms with Crippen LogP contribution in [0.15, 0.2) is 29.6 Å². The first-order valence-electron chi connectivity index (χ1n) is 8.90. The summed E-state index contributed by atoms with van der Waals surface area (Å²) in [7, 11) is 0. The Labute approximate surface area is 151 Å². The Kier molecular flexibility index (Phi) is 4.81. The van der Waals surface area contributed by atoms with Crippen LogP contribution in [0, 0.1) is 11.7 Å². The van der Waals surface area contributed by atoms with E-state index >= 15 is 0 Å². The van der Waals surface area contributed by atoms with Crippen molar-refractivity contribution < 1.29 is 9.18 Å². The molecule has 2 fully saturated rings. The summed E-state index contributed by atoms with van der Waals surface area (Å²) in [5.74, 6) is 0.427. The molecule has 6 heteroatoms. The summed E-state index contributed by atoms with van der Waals surface area (Å²) in [4.78, 5) is 21.4. The molecular weight excluding hydrogens is 337 g/mol. The van der Waals surface area contributed by atoms with Crippen LogP contribution in [0.25, 0.3) is 10.6 Å². The van der Waals surface area contributed by atoms with Crippen LogP contribution in [0.5, 0.6) is 0 Å². The number of hydrogen-bond acceptors (Lipinski definition) is 4. The number of halogens is 1. The minimum atomic E-state index is -0.227. The highest BCUT2D eigenvalue weighted by molar-refractivity contribution is 7.13. The molecule has 1 saturated carbocycles. The van der Waals surface area contributed by atoms with Gasteiger partial charge in [-0.05, 0) is 37.1 Å². The molecule has 1 amide bonds.